The molecule has 0 saturated heterocycles. The molecule has 94 valence electrons. The lowest BCUT2D eigenvalue weighted by Crippen LogP contribution is -2.05. The fraction of sp³-hybridized carbons (Fsp3) is 0.231. The summed E-state index contributed by atoms with van der Waals surface area (Å²) < 4.78 is 48.8. The van der Waals surface area contributed by atoms with Gasteiger partial charge in [0, 0.05) is 17.5 Å². The van der Waals surface area contributed by atoms with Gasteiger partial charge in [-0.1, -0.05) is 0 Å². The van der Waals surface area contributed by atoms with Gasteiger partial charge in [-0.25, -0.2) is 0 Å². The van der Waals surface area contributed by atoms with Crippen LogP contribution in [-0.4, -0.2) is 6.61 Å². The zero-order valence-electron chi connectivity index (χ0n) is 9.25. The van der Waals surface area contributed by atoms with E-state index in [2.05, 4.69) is 0 Å². The van der Waals surface area contributed by atoms with Crippen LogP contribution in [0.4, 0.5) is 13.2 Å². The van der Waals surface area contributed by atoms with Crippen LogP contribution in [0.15, 0.2) is 35.1 Å². The Labute approximate surface area is 101 Å². The van der Waals surface area contributed by atoms with Crippen molar-refractivity contribution in [2.45, 2.75) is 12.6 Å². The fourth-order valence-electron chi connectivity index (χ4n) is 2.10. The minimum Gasteiger partial charge on any atom is -0.492 e. The summed E-state index contributed by atoms with van der Waals surface area (Å²) in [5.74, 6) is 0.532. The molecule has 5 heteroatoms. The maximum Gasteiger partial charge on any atom is 0.416 e. The highest BCUT2D eigenvalue weighted by Gasteiger charge is 2.33. The van der Waals surface area contributed by atoms with E-state index in [0.717, 1.165) is 12.1 Å². The van der Waals surface area contributed by atoms with E-state index < -0.39 is 11.7 Å². The summed E-state index contributed by atoms with van der Waals surface area (Å²) in [5.41, 5.74) is 0.981. The van der Waals surface area contributed by atoms with Crippen LogP contribution >= 0.6 is 0 Å². The molecule has 18 heavy (non-hydrogen) atoms. The summed E-state index contributed by atoms with van der Waals surface area (Å²) in [6.07, 6.45) is -1.01. The van der Waals surface area contributed by atoms with Crippen LogP contribution < -0.4 is 4.74 Å². The lowest BCUT2D eigenvalue weighted by Gasteiger charge is -2.12. The zero-order chi connectivity index (χ0) is 12.8. The minimum absolute atomic E-state index is 0.418. The zero-order valence-corrected chi connectivity index (χ0v) is 9.25. The molecule has 2 heterocycles. The third-order valence-electron chi connectivity index (χ3n) is 2.94. The first kappa shape index (κ1) is 11.2. The Morgan fingerprint density at radius 1 is 1.17 bits per heavy atom. The maximum absolute atomic E-state index is 12.8. The third kappa shape index (κ3) is 1.75. The summed E-state index contributed by atoms with van der Waals surface area (Å²) >= 11 is 0. The van der Waals surface area contributed by atoms with E-state index in [1.807, 2.05) is 0 Å². The first-order valence-electron chi connectivity index (χ1n) is 5.45. The van der Waals surface area contributed by atoms with Gasteiger partial charge in [0.15, 0.2) is 0 Å². The largest absolute Gasteiger partial charge is 0.492 e. The highest BCUT2D eigenvalue weighted by Crippen LogP contribution is 2.42. The molecule has 0 spiro atoms. The number of hydrogen-bond donors (Lipinski definition) is 0. The smallest absolute Gasteiger partial charge is 0.416 e. The first-order chi connectivity index (χ1) is 8.55. The second-order valence-electron chi connectivity index (χ2n) is 4.12. The van der Waals surface area contributed by atoms with Crippen molar-refractivity contribution in [2.24, 2.45) is 0 Å². The van der Waals surface area contributed by atoms with Crippen LogP contribution in [0.3, 0.4) is 0 Å². The molecule has 0 bridgehead atoms. The number of rotatable bonds is 1. The van der Waals surface area contributed by atoms with Gasteiger partial charge in [-0.05, 0) is 23.8 Å². The van der Waals surface area contributed by atoms with Crippen molar-refractivity contribution in [1.82, 2.24) is 0 Å². The van der Waals surface area contributed by atoms with Crippen LogP contribution in [0.2, 0.25) is 0 Å². The molecule has 1 aliphatic heterocycles. The number of fused-ring (bicyclic) bond motifs is 1. The van der Waals surface area contributed by atoms with Crippen molar-refractivity contribution in [2.75, 3.05) is 6.61 Å². The number of halogens is 3. The van der Waals surface area contributed by atoms with Crippen LogP contribution in [-0.2, 0) is 12.6 Å². The molecule has 3 rings (SSSR count). The van der Waals surface area contributed by atoms with E-state index in [1.165, 1.54) is 12.5 Å². The van der Waals surface area contributed by atoms with E-state index in [1.54, 1.807) is 6.07 Å². The Balaban J connectivity index is 2.21. The molecular weight excluding hydrogens is 245 g/mol. The van der Waals surface area contributed by atoms with Gasteiger partial charge in [-0.2, -0.15) is 13.2 Å². The Morgan fingerprint density at radius 3 is 2.67 bits per heavy atom. The molecule has 0 radical (unpaired) electrons. The molecule has 0 saturated carbocycles. The molecular formula is C13H9F3O2. The highest BCUT2D eigenvalue weighted by molar-refractivity contribution is 5.73. The van der Waals surface area contributed by atoms with Crippen LogP contribution in [0.5, 0.6) is 5.75 Å². The van der Waals surface area contributed by atoms with E-state index in [9.17, 15) is 13.2 Å². The predicted octanol–water partition coefficient (Wildman–Crippen LogP) is 3.90. The number of hydrogen-bond acceptors (Lipinski definition) is 2. The molecule has 1 aromatic heterocycles. The van der Waals surface area contributed by atoms with Crippen molar-refractivity contribution in [1.29, 1.82) is 0 Å². The number of ether oxygens (including phenoxy) is 1. The van der Waals surface area contributed by atoms with Crippen molar-refractivity contribution in [3.63, 3.8) is 0 Å². The van der Waals surface area contributed by atoms with Gasteiger partial charge in [-0.3, -0.25) is 0 Å². The maximum atomic E-state index is 12.8. The third-order valence-corrected chi connectivity index (χ3v) is 2.94. The monoisotopic (exact) mass is 254 g/mol. The molecule has 0 amide bonds. The van der Waals surface area contributed by atoms with Gasteiger partial charge < -0.3 is 9.15 Å². The van der Waals surface area contributed by atoms with Crippen molar-refractivity contribution >= 4 is 0 Å². The van der Waals surface area contributed by atoms with Gasteiger partial charge in [0.25, 0.3) is 0 Å². The van der Waals surface area contributed by atoms with Crippen LogP contribution in [0, 0.1) is 0 Å². The quantitative estimate of drug-likeness (QED) is 0.770. The number of furan rings is 1. The predicted molar refractivity (Wildman–Crippen MR) is 58.3 cm³/mol. The summed E-state index contributed by atoms with van der Waals surface area (Å²) in [5, 5.41) is 0. The molecule has 1 aliphatic rings. The second kappa shape index (κ2) is 3.80. The molecule has 2 aromatic rings. The molecule has 0 unspecified atom stereocenters. The standard InChI is InChI=1S/C13H9F3O2/c14-13(15,16)10-5-8-2-4-18-12(8)11(6-10)9-1-3-17-7-9/h1,3,5-7H,2,4H2. The Bertz CT molecular complexity index is 571. The molecule has 1 aromatic carbocycles. The topological polar surface area (TPSA) is 22.4 Å². The number of alkyl halides is 3. The van der Waals surface area contributed by atoms with Gasteiger partial charge in [0.05, 0.1) is 24.7 Å². The summed E-state index contributed by atoms with van der Waals surface area (Å²) in [4.78, 5) is 0. The molecule has 0 aliphatic carbocycles. The summed E-state index contributed by atoms with van der Waals surface area (Å²) in [6, 6.07) is 3.89. The van der Waals surface area contributed by atoms with E-state index in [0.29, 0.717) is 35.5 Å². The summed E-state index contributed by atoms with van der Waals surface area (Å²) in [6.45, 7) is 0.418. The molecule has 0 fully saturated rings. The average Bonchev–Trinajstić information content (AvgIpc) is 2.97. The van der Waals surface area contributed by atoms with Crippen molar-refractivity contribution < 1.29 is 22.3 Å². The van der Waals surface area contributed by atoms with E-state index >= 15 is 0 Å². The average molecular weight is 254 g/mol. The Hall–Kier alpha value is -1.91. The normalized spacial score (nSPS) is 14.4. The van der Waals surface area contributed by atoms with E-state index in [4.69, 9.17) is 9.15 Å². The van der Waals surface area contributed by atoms with E-state index in [-0.39, 0.29) is 0 Å². The summed E-state index contributed by atoms with van der Waals surface area (Å²) in [7, 11) is 0. The first-order valence-corrected chi connectivity index (χ1v) is 5.45. The SMILES string of the molecule is FC(F)(F)c1cc2c(c(-c3ccoc3)c1)OCC2. The lowest BCUT2D eigenvalue weighted by atomic mass is 9.99. The van der Waals surface area contributed by atoms with Gasteiger partial charge in [-0.15, -0.1) is 0 Å². The fourth-order valence-corrected chi connectivity index (χ4v) is 2.10. The second-order valence-corrected chi connectivity index (χ2v) is 4.12. The van der Waals surface area contributed by atoms with Crippen LogP contribution in [0.1, 0.15) is 11.1 Å². The van der Waals surface area contributed by atoms with Gasteiger partial charge in [0.2, 0.25) is 0 Å². The highest BCUT2D eigenvalue weighted by atomic mass is 19.4. The number of benzene rings is 1. The molecule has 2 nitrogen and oxygen atoms in total. The van der Waals surface area contributed by atoms with Gasteiger partial charge >= 0.3 is 6.18 Å². The van der Waals surface area contributed by atoms with Crippen molar-refractivity contribution in [3.05, 3.63) is 41.9 Å². The molecule has 0 N–H and O–H groups in total. The van der Waals surface area contributed by atoms with Crippen molar-refractivity contribution in [3.8, 4) is 16.9 Å². The van der Waals surface area contributed by atoms with Gasteiger partial charge in [0.1, 0.15) is 5.75 Å². The Kier molecular flexibility index (Phi) is 2.36. The lowest BCUT2D eigenvalue weighted by molar-refractivity contribution is -0.137. The Morgan fingerprint density at radius 2 is 2.00 bits per heavy atom. The van der Waals surface area contributed by atoms with Crippen LogP contribution in [0.25, 0.3) is 11.1 Å². The molecule has 0 atom stereocenters. The minimum atomic E-state index is -4.35.